The molecule has 1 aromatic heterocycles. The van der Waals surface area contributed by atoms with E-state index in [1.807, 2.05) is 37.3 Å². The minimum absolute atomic E-state index is 0.394. The van der Waals surface area contributed by atoms with Gasteiger partial charge in [0.1, 0.15) is 12.4 Å². The van der Waals surface area contributed by atoms with Gasteiger partial charge in [-0.2, -0.15) is 0 Å². The van der Waals surface area contributed by atoms with Crippen LogP contribution in [0.3, 0.4) is 0 Å². The Labute approximate surface area is 118 Å². The number of hydrogen-bond acceptors (Lipinski definition) is 2. The maximum absolute atomic E-state index is 5.74. The lowest BCUT2D eigenvalue weighted by atomic mass is 10.2. The summed E-state index contributed by atoms with van der Waals surface area (Å²) in [6.45, 7) is 6.77. The molecule has 0 aliphatic carbocycles. The van der Waals surface area contributed by atoms with Crippen molar-refractivity contribution < 1.29 is 0 Å². The van der Waals surface area contributed by atoms with Crippen LogP contribution in [-0.2, 0) is 6.54 Å². The summed E-state index contributed by atoms with van der Waals surface area (Å²) < 4.78 is 0. The van der Waals surface area contributed by atoms with Crippen molar-refractivity contribution in [2.24, 2.45) is 10.7 Å². The zero-order valence-corrected chi connectivity index (χ0v) is 11.6. The summed E-state index contributed by atoms with van der Waals surface area (Å²) in [5.74, 6) is 1.18. The number of nitrogens with two attached hydrogens (primary N) is 1. The average Bonchev–Trinajstić information content (AvgIpc) is 2.93. The third kappa shape index (κ3) is 3.98. The van der Waals surface area contributed by atoms with E-state index in [0.29, 0.717) is 19.0 Å². The van der Waals surface area contributed by atoms with Crippen molar-refractivity contribution in [3.8, 4) is 11.3 Å². The molecule has 0 saturated heterocycles. The molecule has 4 N–H and O–H groups in total. The number of guanidine groups is 1. The van der Waals surface area contributed by atoms with Crippen LogP contribution in [0.2, 0.25) is 0 Å². The first-order chi connectivity index (χ1) is 9.65. The van der Waals surface area contributed by atoms with Crippen molar-refractivity contribution in [3.63, 3.8) is 0 Å². The van der Waals surface area contributed by atoms with Crippen molar-refractivity contribution in [2.45, 2.75) is 13.5 Å². The van der Waals surface area contributed by atoms with E-state index < -0.39 is 0 Å². The molecule has 0 saturated carbocycles. The van der Waals surface area contributed by atoms with Crippen molar-refractivity contribution in [2.75, 3.05) is 6.54 Å². The maximum atomic E-state index is 5.74. The van der Waals surface area contributed by atoms with Crippen LogP contribution >= 0.6 is 0 Å². The highest BCUT2D eigenvalue weighted by atomic mass is 15.1. The van der Waals surface area contributed by atoms with Crippen molar-refractivity contribution >= 4 is 5.96 Å². The van der Waals surface area contributed by atoms with Gasteiger partial charge in [-0.15, -0.1) is 0 Å². The fraction of sp³-hybridized carbons (Fsp3) is 0.200. The smallest absolute Gasteiger partial charge is 0.189 e. The van der Waals surface area contributed by atoms with Gasteiger partial charge in [-0.25, -0.2) is 9.98 Å². The second kappa shape index (κ2) is 6.56. The zero-order chi connectivity index (χ0) is 14.4. The molecule has 1 aromatic carbocycles. The largest absolute Gasteiger partial charge is 0.370 e. The number of nitrogens with one attached hydrogen (secondary N) is 2. The van der Waals surface area contributed by atoms with Crippen LogP contribution in [-0.4, -0.2) is 22.5 Å². The molecule has 0 amide bonds. The maximum Gasteiger partial charge on any atom is 0.189 e. The van der Waals surface area contributed by atoms with E-state index >= 15 is 0 Å². The Kier molecular flexibility index (Phi) is 4.55. The summed E-state index contributed by atoms with van der Waals surface area (Å²) >= 11 is 0. The van der Waals surface area contributed by atoms with Gasteiger partial charge in [-0.05, 0) is 12.5 Å². The van der Waals surface area contributed by atoms with Crippen molar-refractivity contribution in [3.05, 3.63) is 54.5 Å². The summed E-state index contributed by atoms with van der Waals surface area (Å²) in [4.78, 5) is 11.7. The van der Waals surface area contributed by atoms with Crippen LogP contribution in [0.5, 0.6) is 0 Å². The van der Waals surface area contributed by atoms with Crippen LogP contribution in [0.1, 0.15) is 12.7 Å². The van der Waals surface area contributed by atoms with Crippen molar-refractivity contribution in [1.82, 2.24) is 15.3 Å². The Morgan fingerprint density at radius 2 is 2.15 bits per heavy atom. The first-order valence-electron chi connectivity index (χ1n) is 6.42. The molecule has 5 nitrogen and oxygen atoms in total. The molecule has 0 radical (unpaired) electrons. The monoisotopic (exact) mass is 269 g/mol. The highest BCUT2D eigenvalue weighted by Crippen LogP contribution is 2.16. The Hall–Kier alpha value is -2.56. The van der Waals surface area contributed by atoms with Crippen LogP contribution in [0.25, 0.3) is 11.3 Å². The average molecular weight is 269 g/mol. The lowest BCUT2D eigenvalue weighted by Gasteiger charge is -2.03. The third-order valence-electron chi connectivity index (χ3n) is 2.68. The molecular weight excluding hydrogens is 250 g/mol. The van der Waals surface area contributed by atoms with E-state index in [4.69, 9.17) is 5.73 Å². The number of rotatable bonds is 5. The molecule has 0 spiro atoms. The van der Waals surface area contributed by atoms with E-state index in [9.17, 15) is 0 Å². The minimum atomic E-state index is 0.394. The van der Waals surface area contributed by atoms with Gasteiger partial charge in [0, 0.05) is 6.54 Å². The normalized spacial score (nSPS) is 11.3. The van der Waals surface area contributed by atoms with E-state index in [-0.39, 0.29) is 0 Å². The van der Waals surface area contributed by atoms with Gasteiger partial charge in [0.25, 0.3) is 0 Å². The molecule has 0 unspecified atom stereocenters. The molecule has 2 rings (SSSR count). The number of aromatic amines is 1. The lowest BCUT2D eigenvalue weighted by molar-refractivity contribution is 0.904. The van der Waals surface area contributed by atoms with E-state index in [1.165, 1.54) is 0 Å². The van der Waals surface area contributed by atoms with E-state index in [2.05, 4.69) is 26.9 Å². The zero-order valence-electron chi connectivity index (χ0n) is 11.6. The Balaban J connectivity index is 1.96. The molecule has 1 heterocycles. The number of hydrogen-bond donors (Lipinski definition) is 3. The molecule has 0 aliphatic rings. The Bertz CT molecular complexity index is 598. The first-order valence-corrected chi connectivity index (χ1v) is 6.42. The number of aliphatic imine (C=N–C) groups is 1. The van der Waals surface area contributed by atoms with Gasteiger partial charge >= 0.3 is 0 Å². The molecule has 0 atom stereocenters. The number of H-pyrrole nitrogens is 1. The number of imidazole rings is 1. The summed E-state index contributed by atoms with van der Waals surface area (Å²) in [6.07, 6.45) is 1.80. The molecule has 104 valence electrons. The van der Waals surface area contributed by atoms with Gasteiger partial charge in [0.05, 0.1) is 11.9 Å². The SMILES string of the molecule is C=C(C)CNC(N)=NCc1ncc(-c2ccccc2)[nH]1. The summed E-state index contributed by atoms with van der Waals surface area (Å²) in [5, 5.41) is 2.98. The molecular formula is C15H19N5. The molecule has 20 heavy (non-hydrogen) atoms. The second-order valence-electron chi connectivity index (χ2n) is 4.62. The molecule has 0 aliphatic heterocycles. The van der Waals surface area contributed by atoms with Crippen LogP contribution in [0, 0.1) is 0 Å². The van der Waals surface area contributed by atoms with Gasteiger partial charge in [-0.3, -0.25) is 0 Å². The second-order valence-corrected chi connectivity index (χ2v) is 4.62. The fourth-order valence-electron chi connectivity index (χ4n) is 1.66. The van der Waals surface area contributed by atoms with Crippen LogP contribution in [0.4, 0.5) is 0 Å². The van der Waals surface area contributed by atoms with E-state index in [0.717, 1.165) is 22.7 Å². The Morgan fingerprint density at radius 1 is 1.40 bits per heavy atom. The fourth-order valence-corrected chi connectivity index (χ4v) is 1.66. The van der Waals surface area contributed by atoms with Crippen LogP contribution in [0.15, 0.2) is 53.7 Å². The standard InChI is InChI=1S/C15H19N5/c1-11(2)8-18-15(16)19-10-14-17-9-13(20-14)12-6-4-3-5-7-12/h3-7,9H,1,8,10H2,2H3,(H,17,20)(H3,16,18,19). The van der Waals surface area contributed by atoms with E-state index in [1.54, 1.807) is 6.20 Å². The third-order valence-corrected chi connectivity index (χ3v) is 2.68. The summed E-state index contributed by atoms with van der Waals surface area (Å²) in [6, 6.07) is 10.0. The summed E-state index contributed by atoms with van der Waals surface area (Å²) in [5.41, 5.74) is 8.83. The number of aromatic nitrogens is 2. The highest BCUT2D eigenvalue weighted by Gasteiger charge is 2.02. The highest BCUT2D eigenvalue weighted by molar-refractivity contribution is 5.78. The van der Waals surface area contributed by atoms with Gasteiger partial charge < -0.3 is 16.0 Å². The minimum Gasteiger partial charge on any atom is -0.370 e. The van der Waals surface area contributed by atoms with Gasteiger partial charge in [-0.1, -0.05) is 42.5 Å². The van der Waals surface area contributed by atoms with Crippen molar-refractivity contribution in [1.29, 1.82) is 0 Å². The lowest BCUT2D eigenvalue weighted by Crippen LogP contribution is -2.32. The van der Waals surface area contributed by atoms with Gasteiger partial charge in [0.2, 0.25) is 0 Å². The molecule has 0 fully saturated rings. The molecule has 5 heteroatoms. The Morgan fingerprint density at radius 3 is 2.85 bits per heavy atom. The van der Waals surface area contributed by atoms with Gasteiger partial charge in [0.15, 0.2) is 5.96 Å². The topological polar surface area (TPSA) is 79.1 Å². The first kappa shape index (κ1) is 13.9. The predicted octanol–water partition coefficient (Wildman–Crippen LogP) is 2.06. The summed E-state index contributed by atoms with van der Waals surface area (Å²) in [7, 11) is 0. The molecule has 0 bridgehead atoms. The predicted molar refractivity (Wildman–Crippen MR) is 82.2 cm³/mol. The van der Waals surface area contributed by atoms with Crippen LogP contribution < -0.4 is 11.1 Å². The molecule has 2 aromatic rings. The quantitative estimate of drug-likeness (QED) is 0.441. The number of benzene rings is 1. The number of nitrogens with zero attached hydrogens (tertiary/aromatic N) is 2.